The molecular weight excluding hydrogens is 346 g/mol. The number of rotatable bonds is 5. The Morgan fingerprint density at radius 1 is 1.48 bits per heavy atom. The Morgan fingerprint density at radius 2 is 2.26 bits per heavy atom. The number of carbonyl (C=O) groups is 1. The Kier molecular flexibility index (Phi) is 5.65. The van der Waals surface area contributed by atoms with E-state index in [1.54, 1.807) is 29.9 Å². The maximum absolute atomic E-state index is 12.6. The lowest BCUT2D eigenvalue weighted by atomic mass is 10.1. The maximum atomic E-state index is 12.6. The van der Waals surface area contributed by atoms with Crippen LogP contribution in [0.3, 0.4) is 0 Å². The standard InChI is InChI=1S/C19H27N5O3/c1-12-10-20-15(13(2)18(12)26-5)11-23(3)19(25)21-17-9-14(22-24(17)4)16-7-6-8-27-16/h9-10,16H,6-8,11H2,1-5H3,(H,21,25). The van der Waals surface area contributed by atoms with Crippen molar-refractivity contribution in [1.29, 1.82) is 0 Å². The molecule has 2 aromatic heterocycles. The number of carbonyl (C=O) groups excluding carboxylic acids is 1. The fraction of sp³-hybridized carbons (Fsp3) is 0.526. The molecule has 0 bridgehead atoms. The van der Waals surface area contributed by atoms with Gasteiger partial charge in [-0.3, -0.25) is 15.0 Å². The number of pyridine rings is 1. The van der Waals surface area contributed by atoms with Gasteiger partial charge >= 0.3 is 6.03 Å². The van der Waals surface area contributed by atoms with Gasteiger partial charge in [0.2, 0.25) is 0 Å². The third kappa shape index (κ3) is 4.05. The van der Waals surface area contributed by atoms with Crippen LogP contribution in [0.1, 0.15) is 41.5 Å². The van der Waals surface area contributed by atoms with Gasteiger partial charge in [0.25, 0.3) is 0 Å². The second-order valence-corrected chi connectivity index (χ2v) is 6.91. The average molecular weight is 373 g/mol. The fourth-order valence-corrected chi connectivity index (χ4v) is 3.31. The smallest absolute Gasteiger partial charge is 0.323 e. The molecule has 27 heavy (non-hydrogen) atoms. The van der Waals surface area contributed by atoms with Crippen molar-refractivity contribution in [2.45, 2.75) is 39.3 Å². The largest absolute Gasteiger partial charge is 0.496 e. The number of nitrogens with one attached hydrogen (secondary N) is 1. The van der Waals surface area contributed by atoms with Crippen LogP contribution in [0.5, 0.6) is 5.75 Å². The molecule has 1 aliphatic heterocycles. The summed E-state index contributed by atoms with van der Waals surface area (Å²) in [5.41, 5.74) is 3.58. The number of hydrogen-bond donors (Lipinski definition) is 1. The number of amides is 2. The third-order valence-electron chi connectivity index (χ3n) is 4.88. The summed E-state index contributed by atoms with van der Waals surface area (Å²) in [6.45, 7) is 5.05. The topological polar surface area (TPSA) is 81.5 Å². The van der Waals surface area contributed by atoms with Gasteiger partial charge in [-0.15, -0.1) is 0 Å². The Hall–Kier alpha value is -2.61. The number of methoxy groups -OCH3 is 1. The summed E-state index contributed by atoms with van der Waals surface area (Å²) >= 11 is 0. The molecule has 0 aromatic carbocycles. The van der Waals surface area contributed by atoms with Crippen molar-refractivity contribution in [3.05, 3.63) is 34.8 Å². The quantitative estimate of drug-likeness (QED) is 0.871. The molecule has 0 radical (unpaired) electrons. The number of anilines is 1. The Bertz CT molecular complexity index is 827. The molecule has 1 saturated heterocycles. The van der Waals surface area contributed by atoms with Crippen molar-refractivity contribution in [2.75, 3.05) is 26.1 Å². The van der Waals surface area contributed by atoms with Crippen LogP contribution in [0.15, 0.2) is 12.3 Å². The molecule has 1 fully saturated rings. The minimum atomic E-state index is -0.224. The highest BCUT2D eigenvalue weighted by Crippen LogP contribution is 2.29. The lowest BCUT2D eigenvalue weighted by molar-refractivity contribution is 0.108. The minimum absolute atomic E-state index is 0.0199. The molecule has 0 spiro atoms. The zero-order valence-electron chi connectivity index (χ0n) is 16.6. The summed E-state index contributed by atoms with van der Waals surface area (Å²) in [7, 11) is 5.19. The number of urea groups is 1. The summed E-state index contributed by atoms with van der Waals surface area (Å²) in [6.07, 6.45) is 3.79. The van der Waals surface area contributed by atoms with Crippen LogP contribution >= 0.6 is 0 Å². The van der Waals surface area contributed by atoms with Crippen molar-refractivity contribution in [3.8, 4) is 5.75 Å². The van der Waals surface area contributed by atoms with Crippen molar-refractivity contribution in [1.82, 2.24) is 19.7 Å². The lowest BCUT2D eigenvalue weighted by Gasteiger charge is -2.20. The normalized spacial score (nSPS) is 16.4. The predicted molar refractivity (Wildman–Crippen MR) is 102 cm³/mol. The molecule has 0 aliphatic carbocycles. The SMILES string of the molecule is COc1c(C)cnc(CN(C)C(=O)Nc2cc(C3CCCO3)nn2C)c1C. The van der Waals surface area contributed by atoms with E-state index in [-0.39, 0.29) is 12.1 Å². The zero-order valence-corrected chi connectivity index (χ0v) is 16.6. The van der Waals surface area contributed by atoms with Gasteiger partial charge in [0.1, 0.15) is 17.7 Å². The molecule has 8 nitrogen and oxygen atoms in total. The number of aromatic nitrogens is 3. The van der Waals surface area contributed by atoms with Crippen molar-refractivity contribution in [3.63, 3.8) is 0 Å². The molecular formula is C19H27N5O3. The Balaban J connectivity index is 1.68. The van der Waals surface area contributed by atoms with Crippen LogP contribution in [0.25, 0.3) is 0 Å². The van der Waals surface area contributed by atoms with Gasteiger partial charge in [-0.25, -0.2) is 4.79 Å². The summed E-state index contributed by atoms with van der Waals surface area (Å²) in [5.74, 6) is 1.45. The van der Waals surface area contributed by atoms with Crippen LogP contribution in [-0.2, 0) is 18.3 Å². The molecule has 2 amide bonds. The molecule has 1 unspecified atom stereocenters. The predicted octanol–water partition coefficient (Wildman–Crippen LogP) is 2.96. The Morgan fingerprint density at radius 3 is 2.93 bits per heavy atom. The van der Waals surface area contributed by atoms with Crippen molar-refractivity contribution in [2.24, 2.45) is 7.05 Å². The van der Waals surface area contributed by atoms with Gasteiger partial charge < -0.3 is 14.4 Å². The van der Waals surface area contributed by atoms with E-state index in [0.717, 1.165) is 47.7 Å². The van der Waals surface area contributed by atoms with E-state index in [1.807, 2.05) is 27.0 Å². The maximum Gasteiger partial charge on any atom is 0.323 e. The van der Waals surface area contributed by atoms with Gasteiger partial charge in [-0.2, -0.15) is 5.10 Å². The first-order chi connectivity index (χ1) is 12.9. The monoisotopic (exact) mass is 373 g/mol. The summed E-state index contributed by atoms with van der Waals surface area (Å²) in [6, 6.07) is 1.65. The summed E-state index contributed by atoms with van der Waals surface area (Å²) in [4.78, 5) is 18.7. The number of ether oxygens (including phenoxy) is 2. The highest BCUT2D eigenvalue weighted by Gasteiger charge is 2.22. The van der Waals surface area contributed by atoms with Gasteiger partial charge in [0.15, 0.2) is 0 Å². The van der Waals surface area contributed by atoms with E-state index >= 15 is 0 Å². The molecule has 2 aromatic rings. The minimum Gasteiger partial charge on any atom is -0.496 e. The Labute approximate surface area is 159 Å². The number of nitrogens with zero attached hydrogens (tertiary/aromatic N) is 4. The van der Waals surface area contributed by atoms with Crippen LogP contribution in [0.2, 0.25) is 0 Å². The van der Waals surface area contributed by atoms with Gasteiger partial charge in [0, 0.05) is 44.1 Å². The number of hydrogen-bond acceptors (Lipinski definition) is 5. The van der Waals surface area contributed by atoms with E-state index in [1.165, 1.54) is 0 Å². The van der Waals surface area contributed by atoms with Crippen LogP contribution in [-0.4, -0.2) is 46.5 Å². The molecule has 3 heterocycles. The van der Waals surface area contributed by atoms with E-state index < -0.39 is 0 Å². The molecule has 8 heteroatoms. The zero-order chi connectivity index (χ0) is 19.6. The first-order valence-corrected chi connectivity index (χ1v) is 9.07. The fourth-order valence-electron chi connectivity index (χ4n) is 3.31. The lowest BCUT2D eigenvalue weighted by Crippen LogP contribution is -2.32. The molecule has 146 valence electrons. The van der Waals surface area contributed by atoms with Crippen LogP contribution in [0.4, 0.5) is 10.6 Å². The molecule has 1 aliphatic rings. The van der Waals surface area contributed by atoms with Gasteiger partial charge in [-0.1, -0.05) is 0 Å². The van der Waals surface area contributed by atoms with E-state index in [0.29, 0.717) is 12.4 Å². The summed E-state index contributed by atoms with van der Waals surface area (Å²) in [5, 5.41) is 7.37. The van der Waals surface area contributed by atoms with E-state index in [9.17, 15) is 4.79 Å². The first kappa shape index (κ1) is 19.2. The third-order valence-corrected chi connectivity index (χ3v) is 4.88. The van der Waals surface area contributed by atoms with E-state index in [2.05, 4.69) is 15.4 Å². The van der Waals surface area contributed by atoms with Crippen molar-refractivity contribution < 1.29 is 14.3 Å². The van der Waals surface area contributed by atoms with E-state index in [4.69, 9.17) is 9.47 Å². The summed E-state index contributed by atoms with van der Waals surface area (Å²) < 4.78 is 12.8. The second kappa shape index (κ2) is 7.96. The highest BCUT2D eigenvalue weighted by molar-refractivity contribution is 5.88. The average Bonchev–Trinajstić information content (AvgIpc) is 3.28. The van der Waals surface area contributed by atoms with Crippen LogP contribution < -0.4 is 10.1 Å². The van der Waals surface area contributed by atoms with Crippen molar-refractivity contribution >= 4 is 11.8 Å². The van der Waals surface area contributed by atoms with Gasteiger partial charge in [-0.05, 0) is 26.7 Å². The van der Waals surface area contributed by atoms with Gasteiger partial charge in [0.05, 0.1) is 25.0 Å². The molecule has 3 rings (SSSR count). The second-order valence-electron chi connectivity index (χ2n) is 6.91. The van der Waals surface area contributed by atoms with Crippen LogP contribution in [0, 0.1) is 13.8 Å². The molecule has 1 atom stereocenters. The molecule has 1 N–H and O–H groups in total. The number of aryl methyl sites for hydroxylation is 2. The highest BCUT2D eigenvalue weighted by atomic mass is 16.5. The first-order valence-electron chi connectivity index (χ1n) is 9.07. The molecule has 0 saturated carbocycles.